The van der Waals surface area contributed by atoms with E-state index in [-0.39, 0.29) is 0 Å². The molecule has 1 fully saturated rings. The molecule has 0 aromatic carbocycles. The number of anilines is 2. The molecule has 0 radical (unpaired) electrons. The monoisotopic (exact) mass is 234 g/mol. The minimum absolute atomic E-state index is 0.504. The first kappa shape index (κ1) is 11.1. The van der Waals surface area contributed by atoms with Crippen molar-refractivity contribution in [3.05, 3.63) is 17.8 Å². The first-order chi connectivity index (χ1) is 7.72. The Balaban J connectivity index is 2.30. The van der Waals surface area contributed by atoms with Gasteiger partial charge in [-0.15, -0.1) is 0 Å². The van der Waals surface area contributed by atoms with Crippen LogP contribution in [0.3, 0.4) is 0 Å². The van der Waals surface area contributed by atoms with Crippen LogP contribution in [0.4, 0.5) is 11.5 Å². The van der Waals surface area contributed by atoms with Crippen LogP contribution in [-0.2, 0) is 0 Å². The number of rotatable bonds is 1. The number of hydrogen-bond acceptors (Lipinski definition) is 5. The van der Waals surface area contributed by atoms with Crippen molar-refractivity contribution in [1.82, 2.24) is 4.98 Å². The van der Waals surface area contributed by atoms with Crippen LogP contribution in [0.5, 0.6) is 0 Å². The Morgan fingerprint density at radius 2 is 2.50 bits per heavy atom. The predicted molar refractivity (Wildman–Crippen MR) is 67.5 cm³/mol. The minimum atomic E-state index is 0.504. The maximum atomic E-state index is 8.91. The molecule has 1 aromatic heterocycles. The zero-order valence-electron chi connectivity index (χ0n) is 9.18. The van der Waals surface area contributed by atoms with E-state index in [1.54, 1.807) is 12.3 Å². The highest BCUT2D eigenvalue weighted by Gasteiger charge is 2.20. The molecule has 0 bridgehead atoms. The topological polar surface area (TPSA) is 65.9 Å². The van der Waals surface area contributed by atoms with Crippen LogP contribution in [0.25, 0.3) is 0 Å². The average Bonchev–Trinajstić information content (AvgIpc) is 2.29. The van der Waals surface area contributed by atoms with Gasteiger partial charge in [0, 0.05) is 30.3 Å². The van der Waals surface area contributed by atoms with E-state index < -0.39 is 0 Å². The van der Waals surface area contributed by atoms with E-state index in [1.807, 2.05) is 11.8 Å². The minimum Gasteiger partial charge on any atom is -0.395 e. The number of nitrogens with two attached hydrogens (primary N) is 1. The van der Waals surface area contributed by atoms with Crippen molar-refractivity contribution in [3.63, 3.8) is 0 Å². The summed E-state index contributed by atoms with van der Waals surface area (Å²) in [5.41, 5.74) is 6.95. The molecule has 1 aromatic rings. The molecule has 2 N–H and O–H groups in total. The molecule has 1 atom stereocenters. The highest BCUT2D eigenvalue weighted by molar-refractivity contribution is 8.00. The van der Waals surface area contributed by atoms with Crippen molar-refractivity contribution in [2.24, 2.45) is 0 Å². The SMILES string of the molecule is CC1CN(c2nccc(C#N)c2N)CCS1. The summed E-state index contributed by atoms with van der Waals surface area (Å²) < 4.78 is 0. The molecule has 4 nitrogen and oxygen atoms in total. The van der Waals surface area contributed by atoms with E-state index in [0.29, 0.717) is 16.5 Å². The van der Waals surface area contributed by atoms with E-state index in [1.165, 1.54) is 0 Å². The first-order valence-electron chi connectivity index (χ1n) is 5.23. The van der Waals surface area contributed by atoms with Crippen LogP contribution in [0.15, 0.2) is 12.3 Å². The summed E-state index contributed by atoms with van der Waals surface area (Å²) in [6, 6.07) is 3.74. The van der Waals surface area contributed by atoms with Crippen molar-refractivity contribution >= 4 is 23.3 Å². The number of pyridine rings is 1. The lowest BCUT2D eigenvalue weighted by atomic mass is 10.2. The fourth-order valence-electron chi connectivity index (χ4n) is 1.82. The third-order valence-corrected chi connectivity index (χ3v) is 3.77. The largest absolute Gasteiger partial charge is 0.395 e. The van der Waals surface area contributed by atoms with E-state index >= 15 is 0 Å². The third-order valence-electron chi connectivity index (χ3n) is 2.63. The zero-order chi connectivity index (χ0) is 11.5. The summed E-state index contributed by atoms with van der Waals surface area (Å²) in [7, 11) is 0. The summed E-state index contributed by atoms with van der Waals surface area (Å²) in [5, 5.41) is 9.50. The van der Waals surface area contributed by atoms with Crippen molar-refractivity contribution in [2.45, 2.75) is 12.2 Å². The highest BCUT2D eigenvalue weighted by atomic mass is 32.2. The van der Waals surface area contributed by atoms with Gasteiger partial charge in [-0.05, 0) is 6.07 Å². The van der Waals surface area contributed by atoms with E-state index in [0.717, 1.165) is 24.7 Å². The van der Waals surface area contributed by atoms with Gasteiger partial charge in [0.25, 0.3) is 0 Å². The quantitative estimate of drug-likeness (QED) is 0.797. The molecule has 84 valence electrons. The highest BCUT2D eigenvalue weighted by Crippen LogP contribution is 2.27. The van der Waals surface area contributed by atoms with Crippen LogP contribution in [0, 0.1) is 11.3 Å². The second-order valence-corrected chi connectivity index (χ2v) is 5.38. The summed E-state index contributed by atoms with van der Waals surface area (Å²) in [6.45, 7) is 4.08. The summed E-state index contributed by atoms with van der Waals surface area (Å²) in [5.74, 6) is 1.84. The van der Waals surface area contributed by atoms with Gasteiger partial charge in [0.1, 0.15) is 6.07 Å². The Morgan fingerprint density at radius 1 is 1.69 bits per heavy atom. The van der Waals surface area contributed by atoms with Crippen molar-refractivity contribution in [3.8, 4) is 6.07 Å². The van der Waals surface area contributed by atoms with Crippen LogP contribution >= 0.6 is 11.8 Å². The number of nitrogen functional groups attached to an aromatic ring is 1. The van der Waals surface area contributed by atoms with Crippen molar-refractivity contribution in [1.29, 1.82) is 5.26 Å². The second-order valence-electron chi connectivity index (χ2n) is 3.84. The number of nitriles is 1. The molecule has 1 aliphatic rings. The van der Waals surface area contributed by atoms with Crippen molar-refractivity contribution < 1.29 is 0 Å². The smallest absolute Gasteiger partial charge is 0.153 e. The summed E-state index contributed by atoms with van der Waals surface area (Å²) in [6.07, 6.45) is 1.65. The molecule has 0 aliphatic carbocycles. The Bertz CT molecular complexity index is 426. The van der Waals surface area contributed by atoms with Crippen LogP contribution in [0.1, 0.15) is 12.5 Å². The number of nitrogens with zero attached hydrogens (tertiary/aromatic N) is 3. The fraction of sp³-hybridized carbons (Fsp3) is 0.455. The Hall–Kier alpha value is -1.41. The number of hydrogen-bond donors (Lipinski definition) is 1. The van der Waals surface area contributed by atoms with E-state index in [4.69, 9.17) is 11.0 Å². The zero-order valence-corrected chi connectivity index (χ0v) is 10.00. The lowest BCUT2D eigenvalue weighted by Gasteiger charge is -2.32. The third kappa shape index (κ3) is 2.07. The lowest BCUT2D eigenvalue weighted by molar-refractivity contribution is 0.771. The summed E-state index contributed by atoms with van der Waals surface area (Å²) >= 11 is 1.96. The van der Waals surface area contributed by atoms with Gasteiger partial charge < -0.3 is 10.6 Å². The molecule has 0 spiro atoms. The van der Waals surface area contributed by atoms with Gasteiger partial charge in [0.05, 0.1) is 11.3 Å². The summed E-state index contributed by atoms with van der Waals surface area (Å²) in [4.78, 5) is 6.45. The first-order valence-corrected chi connectivity index (χ1v) is 6.28. The average molecular weight is 234 g/mol. The Kier molecular flexibility index (Phi) is 3.20. The maximum Gasteiger partial charge on any atom is 0.153 e. The van der Waals surface area contributed by atoms with Gasteiger partial charge in [-0.1, -0.05) is 6.92 Å². The fourth-order valence-corrected chi connectivity index (χ4v) is 2.84. The van der Waals surface area contributed by atoms with Gasteiger partial charge in [-0.2, -0.15) is 17.0 Å². The van der Waals surface area contributed by atoms with Gasteiger partial charge in [0.2, 0.25) is 0 Å². The molecule has 1 aliphatic heterocycles. The molecule has 0 saturated carbocycles. The Labute approximate surface area is 99.5 Å². The normalized spacial score (nSPS) is 20.5. The standard InChI is InChI=1S/C11H14N4S/c1-8-7-15(4-5-16-8)11-10(13)9(6-12)2-3-14-11/h2-3,8H,4-5,7,13H2,1H3. The molecular weight excluding hydrogens is 220 g/mol. The van der Waals surface area contributed by atoms with Gasteiger partial charge in [0.15, 0.2) is 5.82 Å². The predicted octanol–water partition coefficient (Wildman–Crippen LogP) is 1.48. The Morgan fingerprint density at radius 3 is 3.19 bits per heavy atom. The van der Waals surface area contributed by atoms with E-state index in [2.05, 4.69) is 22.9 Å². The molecule has 0 amide bonds. The van der Waals surface area contributed by atoms with Crippen molar-refractivity contribution in [2.75, 3.05) is 29.5 Å². The second kappa shape index (κ2) is 4.62. The van der Waals surface area contributed by atoms with Gasteiger partial charge >= 0.3 is 0 Å². The number of aromatic nitrogens is 1. The molecule has 5 heteroatoms. The van der Waals surface area contributed by atoms with Gasteiger partial charge in [-0.25, -0.2) is 4.98 Å². The van der Waals surface area contributed by atoms with Crippen LogP contribution < -0.4 is 10.6 Å². The lowest BCUT2D eigenvalue weighted by Crippen LogP contribution is -2.37. The molecule has 1 unspecified atom stereocenters. The number of thioether (sulfide) groups is 1. The molecule has 16 heavy (non-hydrogen) atoms. The maximum absolute atomic E-state index is 8.91. The van der Waals surface area contributed by atoms with E-state index in [9.17, 15) is 0 Å². The van der Waals surface area contributed by atoms with Crippen LogP contribution in [-0.4, -0.2) is 29.1 Å². The molecule has 1 saturated heterocycles. The van der Waals surface area contributed by atoms with Crippen LogP contribution in [0.2, 0.25) is 0 Å². The molecular formula is C11H14N4S. The molecule has 2 rings (SSSR count). The molecule has 2 heterocycles. The van der Waals surface area contributed by atoms with Gasteiger partial charge in [-0.3, -0.25) is 0 Å².